The molecule has 4 nitrogen and oxygen atoms in total. The van der Waals surface area contributed by atoms with Gasteiger partial charge in [-0.3, -0.25) is 0 Å². The second-order valence-corrected chi connectivity index (χ2v) is 5.05. The summed E-state index contributed by atoms with van der Waals surface area (Å²) in [4.78, 5) is 0. The zero-order valence-electron chi connectivity index (χ0n) is 9.06. The first kappa shape index (κ1) is 11.6. The molecule has 88 valence electrons. The summed E-state index contributed by atoms with van der Waals surface area (Å²) >= 11 is 0. The molecule has 0 aliphatic carbocycles. The van der Waals surface area contributed by atoms with Crippen molar-refractivity contribution in [1.82, 2.24) is 0 Å². The highest BCUT2D eigenvalue weighted by atomic mass is 32.2. The summed E-state index contributed by atoms with van der Waals surface area (Å²) in [6, 6.07) is 14.1. The minimum atomic E-state index is -3.62. The first-order valence-electron chi connectivity index (χ1n) is 5.09. The highest BCUT2D eigenvalue weighted by Gasteiger charge is 2.18. The van der Waals surface area contributed by atoms with Crippen LogP contribution in [-0.2, 0) is 15.9 Å². The van der Waals surface area contributed by atoms with E-state index >= 15 is 0 Å². The summed E-state index contributed by atoms with van der Waals surface area (Å²) < 4.78 is 29.5. The molecule has 0 unspecified atom stereocenters. The van der Waals surface area contributed by atoms with Gasteiger partial charge in [0.1, 0.15) is 5.75 Å². The van der Waals surface area contributed by atoms with Crippen molar-refractivity contribution in [2.45, 2.75) is 5.75 Å². The van der Waals surface area contributed by atoms with E-state index in [4.69, 9.17) is 4.28 Å². The third kappa shape index (κ3) is 3.57. The second-order valence-electron chi connectivity index (χ2n) is 3.50. The van der Waals surface area contributed by atoms with Crippen molar-refractivity contribution in [3.63, 3.8) is 0 Å². The Bertz CT molecular complexity index is 520. The van der Waals surface area contributed by atoms with Gasteiger partial charge in [-0.2, -0.15) is 8.42 Å². The van der Waals surface area contributed by atoms with Crippen LogP contribution in [0.25, 0.3) is 0 Å². The number of benzene rings is 1. The van der Waals surface area contributed by atoms with E-state index in [0.717, 1.165) is 4.73 Å². The van der Waals surface area contributed by atoms with Crippen LogP contribution in [0.1, 0.15) is 5.56 Å². The lowest BCUT2D eigenvalue weighted by Gasteiger charge is -2.00. The first-order chi connectivity index (χ1) is 8.16. The van der Waals surface area contributed by atoms with Gasteiger partial charge in [-0.15, -0.1) is 4.28 Å². The van der Waals surface area contributed by atoms with Gasteiger partial charge in [-0.1, -0.05) is 36.4 Å². The van der Waals surface area contributed by atoms with Crippen molar-refractivity contribution in [1.29, 1.82) is 0 Å². The Morgan fingerprint density at radius 2 is 1.53 bits per heavy atom. The Morgan fingerprint density at radius 1 is 0.941 bits per heavy atom. The van der Waals surface area contributed by atoms with Crippen molar-refractivity contribution in [3.05, 3.63) is 66.5 Å². The SMILES string of the molecule is O=S(=O)(Cc1ccccc1)O[n+]1ccccc1. The number of nitrogens with zero attached hydrogens (tertiary/aromatic N) is 1. The smallest absolute Gasteiger partial charge is 0.181 e. The molecule has 0 saturated carbocycles. The van der Waals surface area contributed by atoms with Gasteiger partial charge >= 0.3 is 10.1 Å². The first-order valence-corrected chi connectivity index (χ1v) is 6.66. The monoisotopic (exact) mass is 250 g/mol. The quantitative estimate of drug-likeness (QED) is 0.758. The predicted octanol–water partition coefficient (Wildman–Crippen LogP) is 0.933. The van der Waals surface area contributed by atoms with E-state index in [9.17, 15) is 8.42 Å². The molecule has 0 amide bonds. The van der Waals surface area contributed by atoms with Gasteiger partial charge in [0, 0.05) is 16.9 Å². The fraction of sp³-hybridized carbons (Fsp3) is 0.0833. The molecular formula is C12H12NO3S+. The molecule has 0 bridgehead atoms. The lowest BCUT2D eigenvalue weighted by atomic mass is 10.2. The molecule has 0 radical (unpaired) electrons. The predicted molar refractivity (Wildman–Crippen MR) is 62.3 cm³/mol. The van der Waals surface area contributed by atoms with Crippen LogP contribution in [0.2, 0.25) is 0 Å². The summed E-state index contributed by atoms with van der Waals surface area (Å²) in [5.41, 5.74) is 0.698. The fourth-order valence-electron chi connectivity index (χ4n) is 1.37. The lowest BCUT2D eigenvalue weighted by Crippen LogP contribution is -2.45. The minimum absolute atomic E-state index is 0.143. The highest BCUT2D eigenvalue weighted by Crippen LogP contribution is 2.03. The van der Waals surface area contributed by atoms with Crippen LogP contribution in [0.5, 0.6) is 0 Å². The summed E-state index contributed by atoms with van der Waals surface area (Å²) in [6.07, 6.45) is 3.06. The van der Waals surface area contributed by atoms with E-state index < -0.39 is 10.1 Å². The molecule has 0 saturated heterocycles. The van der Waals surface area contributed by atoms with E-state index in [0.29, 0.717) is 5.56 Å². The molecule has 2 aromatic rings. The molecule has 0 aliphatic heterocycles. The zero-order chi connectivity index (χ0) is 12.1. The summed E-state index contributed by atoms with van der Waals surface area (Å²) in [6.45, 7) is 0. The molecule has 1 heterocycles. The third-order valence-electron chi connectivity index (χ3n) is 2.07. The van der Waals surface area contributed by atoms with Crippen LogP contribution in [0, 0.1) is 0 Å². The van der Waals surface area contributed by atoms with E-state index in [1.54, 1.807) is 42.5 Å². The standard InChI is InChI=1S/C12H12NO3S/c14-17(15,11-12-7-3-1-4-8-12)16-13-9-5-2-6-10-13/h1-10H,11H2/q+1. The Labute approximate surface area is 100 Å². The van der Waals surface area contributed by atoms with Gasteiger partial charge in [0.05, 0.1) is 0 Å². The normalized spacial score (nSPS) is 11.1. The maximum absolute atomic E-state index is 11.7. The van der Waals surface area contributed by atoms with Crippen LogP contribution >= 0.6 is 0 Å². The van der Waals surface area contributed by atoms with E-state index in [1.807, 2.05) is 6.07 Å². The molecule has 0 atom stereocenters. The fourth-order valence-corrected chi connectivity index (χ4v) is 2.38. The summed E-state index contributed by atoms with van der Waals surface area (Å²) in [5, 5.41) is 0. The molecule has 1 aromatic carbocycles. The van der Waals surface area contributed by atoms with E-state index in [1.165, 1.54) is 12.4 Å². The molecular weight excluding hydrogens is 238 g/mol. The van der Waals surface area contributed by atoms with Gasteiger partial charge in [0.25, 0.3) is 0 Å². The van der Waals surface area contributed by atoms with E-state index in [2.05, 4.69) is 0 Å². The number of rotatable bonds is 4. The molecule has 0 fully saturated rings. The average molecular weight is 250 g/mol. The Kier molecular flexibility index (Phi) is 3.39. The van der Waals surface area contributed by atoms with Crippen molar-refractivity contribution < 1.29 is 17.4 Å². The van der Waals surface area contributed by atoms with Crippen molar-refractivity contribution in [3.8, 4) is 0 Å². The molecule has 0 N–H and O–H groups in total. The number of hydrogen-bond acceptors (Lipinski definition) is 3. The van der Waals surface area contributed by atoms with Crippen LogP contribution in [0.4, 0.5) is 0 Å². The summed E-state index contributed by atoms with van der Waals surface area (Å²) in [7, 11) is -3.62. The Morgan fingerprint density at radius 3 is 2.18 bits per heavy atom. The average Bonchev–Trinajstić information content (AvgIpc) is 2.30. The van der Waals surface area contributed by atoms with Crippen LogP contribution in [0.3, 0.4) is 0 Å². The molecule has 0 aliphatic rings. The molecule has 2 rings (SSSR count). The van der Waals surface area contributed by atoms with Gasteiger partial charge in [0.15, 0.2) is 0 Å². The van der Waals surface area contributed by atoms with Gasteiger partial charge in [0.2, 0.25) is 12.4 Å². The number of hydrogen-bond donors (Lipinski definition) is 0. The lowest BCUT2D eigenvalue weighted by molar-refractivity contribution is -0.856. The van der Waals surface area contributed by atoms with Gasteiger partial charge < -0.3 is 0 Å². The van der Waals surface area contributed by atoms with Gasteiger partial charge in [-0.25, -0.2) is 0 Å². The second kappa shape index (κ2) is 4.97. The van der Waals surface area contributed by atoms with Crippen LogP contribution < -0.4 is 9.01 Å². The Hall–Kier alpha value is -1.88. The van der Waals surface area contributed by atoms with Crippen molar-refractivity contribution in [2.24, 2.45) is 0 Å². The summed E-state index contributed by atoms with van der Waals surface area (Å²) in [5.74, 6) is -0.143. The van der Waals surface area contributed by atoms with Crippen molar-refractivity contribution in [2.75, 3.05) is 0 Å². The minimum Gasteiger partial charge on any atom is -0.181 e. The van der Waals surface area contributed by atoms with Crippen molar-refractivity contribution >= 4 is 10.1 Å². The maximum atomic E-state index is 11.7. The van der Waals surface area contributed by atoms with Gasteiger partial charge in [-0.05, 0) is 5.56 Å². The largest absolute Gasteiger partial charge is 0.371 e. The molecule has 0 spiro atoms. The van der Waals surface area contributed by atoms with Crippen LogP contribution in [-0.4, -0.2) is 8.42 Å². The molecule has 1 aromatic heterocycles. The highest BCUT2D eigenvalue weighted by molar-refractivity contribution is 7.86. The topological polar surface area (TPSA) is 47.3 Å². The number of pyridine rings is 1. The Balaban J connectivity index is 2.11. The molecule has 17 heavy (non-hydrogen) atoms. The zero-order valence-corrected chi connectivity index (χ0v) is 9.88. The molecule has 5 heteroatoms. The number of aromatic nitrogens is 1. The third-order valence-corrected chi connectivity index (χ3v) is 3.16. The van der Waals surface area contributed by atoms with Crippen LogP contribution in [0.15, 0.2) is 60.9 Å². The van der Waals surface area contributed by atoms with E-state index in [-0.39, 0.29) is 5.75 Å². The maximum Gasteiger partial charge on any atom is 0.371 e.